The van der Waals surface area contributed by atoms with Gasteiger partial charge < -0.3 is 14.2 Å². The summed E-state index contributed by atoms with van der Waals surface area (Å²) >= 11 is 0. The molecule has 0 bridgehead atoms. The van der Waals surface area contributed by atoms with Gasteiger partial charge in [-0.25, -0.2) is 9.07 Å². The highest BCUT2D eigenvalue weighted by Crippen LogP contribution is 2.39. The summed E-state index contributed by atoms with van der Waals surface area (Å²) in [5, 5.41) is 8.09. The zero-order valence-electron chi connectivity index (χ0n) is 16.7. The highest BCUT2D eigenvalue weighted by molar-refractivity contribution is 6.54. The molecule has 3 rings (SSSR count). The topological polar surface area (TPSA) is 69.5 Å². The molecule has 1 aromatic heterocycles. The summed E-state index contributed by atoms with van der Waals surface area (Å²) in [5.41, 5.74) is -1.34. The van der Waals surface area contributed by atoms with Gasteiger partial charge in [-0.15, -0.1) is 5.10 Å². The number of amides is 1. The Morgan fingerprint density at radius 3 is 2.67 bits per heavy atom. The fraction of sp³-hybridized carbons (Fsp3) is 0.722. The SMILES string of the molecule is CCC(=O)N1CCCC1Cn1cc(C=C(F)B2OC(C)(C)C(C)(C)O2)nn1. The number of carbonyl (C=O) groups is 1. The van der Waals surface area contributed by atoms with Crippen molar-refractivity contribution in [1.82, 2.24) is 19.9 Å². The lowest BCUT2D eigenvalue weighted by atomic mass is 9.87. The first-order valence-electron chi connectivity index (χ1n) is 9.55. The van der Waals surface area contributed by atoms with Crippen LogP contribution in [0.4, 0.5) is 4.39 Å². The lowest BCUT2D eigenvalue weighted by Gasteiger charge is -2.32. The maximum atomic E-state index is 14.6. The minimum Gasteiger partial charge on any atom is -0.398 e. The lowest BCUT2D eigenvalue weighted by Crippen LogP contribution is -2.41. The van der Waals surface area contributed by atoms with E-state index in [0.717, 1.165) is 19.4 Å². The van der Waals surface area contributed by atoms with E-state index in [0.29, 0.717) is 18.7 Å². The minimum atomic E-state index is -1.05. The van der Waals surface area contributed by atoms with Crippen LogP contribution in [0, 0.1) is 0 Å². The monoisotopic (exact) mass is 378 g/mol. The fourth-order valence-corrected chi connectivity index (χ4v) is 3.41. The van der Waals surface area contributed by atoms with E-state index in [4.69, 9.17) is 9.31 Å². The summed E-state index contributed by atoms with van der Waals surface area (Å²) in [7, 11) is -1.05. The number of likely N-dealkylation sites (tertiary alicyclic amines) is 1. The first kappa shape index (κ1) is 20.0. The molecule has 0 spiro atoms. The Morgan fingerprint density at radius 2 is 2.04 bits per heavy atom. The van der Waals surface area contributed by atoms with Crippen molar-refractivity contribution in [2.24, 2.45) is 0 Å². The van der Waals surface area contributed by atoms with Gasteiger partial charge in [-0.3, -0.25) is 4.79 Å². The van der Waals surface area contributed by atoms with Crippen LogP contribution in [-0.2, 0) is 20.6 Å². The van der Waals surface area contributed by atoms with Gasteiger partial charge in [-0.1, -0.05) is 12.1 Å². The number of aromatic nitrogens is 3. The number of carbonyl (C=O) groups excluding carboxylic acids is 1. The molecule has 1 atom stereocenters. The van der Waals surface area contributed by atoms with Crippen LogP contribution in [0.25, 0.3) is 6.08 Å². The molecule has 148 valence electrons. The smallest absolute Gasteiger partial charge is 0.398 e. The molecule has 9 heteroatoms. The van der Waals surface area contributed by atoms with Crippen molar-refractivity contribution < 1.29 is 18.5 Å². The molecule has 2 aliphatic rings. The largest absolute Gasteiger partial charge is 0.525 e. The maximum absolute atomic E-state index is 14.6. The number of hydrogen-bond donors (Lipinski definition) is 0. The quantitative estimate of drug-likeness (QED) is 0.737. The Kier molecular flexibility index (Phi) is 5.45. The van der Waals surface area contributed by atoms with Gasteiger partial charge in [0.25, 0.3) is 0 Å². The van der Waals surface area contributed by atoms with Gasteiger partial charge in [0.1, 0.15) is 11.4 Å². The number of nitrogens with zero attached hydrogens (tertiary/aromatic N) is 4. The molecule has 1 unspecified atom stereocenters. The number of rotatable bonds is 5. The van der Waals surface area contributed by atoms with E-state index in [-0.39, 0.29) is 11.9 Å². The summed E-state index contributed by atoms with van der Waals surface area (Å²) in [6, 6.07) is 0.115. The van der Waals surface area contributed by atoms with E-state index in [2.05, 4.69) is 10.3 Å². The van der Waals surface area contributed by atoms with Crippen molar-refractivity contribution in [3.63, 3.8) is 0 Å². The molecule has 0 aliphatic carbocycles. The second-order valence-electron chi connectivity index (χ2n) is 8.22. The van der Waals surface area contributed by atoms with Crippen LogP contribution in [0.1, 0.15) is 59.6 Å². The van der Waals surface area contributed by atoms with Gasteiger partial charge in [0.05, 0.1) is 30.0 Å². The second kappa shape index (κ2) is 7.35. The molecule has 2 saturated heterocycles. The molecule has 0 N–H and O–H groups in total. The Morgan fingerprint density at radius 1 is 1.37 bits per heavy atom. The van der Waals surface area contributed by atoms with Crippen molar-refractivity contribution in [2.45, 2.75) is 77.7 Å². The summed E-state index contributed by atoms with van der Waals surface area (Å²) < 4.78 is 27.7. The zero-order chi connectivity index (χ0) is 19.8. The van der Waals surface area contributed by atoms with Gasteiger partial charge in [0.2, 0.25) is 5.91 Å². The van der Waals surface area contributed by atoms with Gasteiger partial charge in [0.15, 0.2) is 0 Å². The van der Waals surface area contributed by atoms with Crippen LogP contribution in [0.15, 0.2) is 11.9 Å². The standard InChI is InChI=1S/C18H28BFN4O3/c1-6-16(25)24-9-7-8-14(24)12-23-11-13(21-22-23)10-15(20)19-26-17(2,3)18(4,5)27-19/h10-11,14H,6-9,12H2,1-5H3. The average molecular weight is 378 g/mol. The van der Waals surface area contributed by atoms with Gasteiger partial charge in [0, 0.05) is 13.0 Å². The van der Waals surface area contributed by atoms with E-state index < -0.39 is 24.0 Å². The molecule has 3 heterocycles. The highest BCUT2D eigenvalue weighted by Gasteiger charge is 2.53. The van der Waals surface area contributed by atoms with Crippen LogP contribution >= 0.6 is 0 Å². The van der Waals surface area contributed by atoms with Gasteiger partial charge in [-0.05, 0) is 46.6 Å². The molecule has 0 radical (unpaired) electrons. The molecule has 0 saturated carbocycles. The first-order chi connectivity index (χ1) is 12.6. The zero-order valence-corrected chi connectivity index (χ0v) is 16.7. The molecule has 0 aromatic carbocycles. The molecule has 1 amide bonds. The van der Waals surface area contributed by atoms with Gasteiger partial charge >= 0.3 is 7.12 Å². The van der Waals surface area contributed by atoms with Crippen molar-refractivity contribution in [3.05, 3.63) is 17.6 Å². The van der Waals surface area contributed by atoms with Crippen LogP contribution in [0.3, 0.4) is 0 Å². The molecule has 7 nitrogen and oxygen atoms in total. The normalized spacial score (nSPS) is 24.7. The van der Waals surface area contributed by atoms with E-state index >= 15 is 0 Å². The van der Waals surface area contributed by atoms with E-state index in [1.165, 1.54) is 6.08 Å². The predicted molar refractivity (Wildman–Crippen MR) is 100 cm³/mol. The first-order valence-corrected chi connectivity index (χ1v) is 9.55. The molecular formula is C18H28BFN4O3. The maximum Gasteiger partial charge on any atom is 0.525 e. The second-order valence-corrected chi connectivity index (χ2v) is 8.22. The van der Waals surface area contributed by atoms with Crippen molar-refractivity contribution in [1.29, 1.82) is 0 Å². The summed E-state index contributed by atoms with van der Waals surface area (Å²) in [6.45, 7) is 10.7. The number of hydrogen-bond acceptors (Lipinski definition) is 5. The van der Waals surface area contributed by atoms with Crippen molar-refractivity contribution in [3.8, 4) is 0 Å². The van der Waals surface area contributed by atoms with Crippen LogP contribution in [0.5, 0.6) is 0 Å². The molecule has 1 aromatic rings. The van der Waals surface area contributed by atoms with Gasteiger partial charge in [-0.2, -0.15) is 0 Å². The number of halogens is 1. The molecule has 27 heavy (non-hydrogen) atoms. The average Bonchev–Trinajstić information content (AvgIpc) is 3.27. The third kappa shape index (κ3) is 4.08. The molecule has 2 aliphatic heterocycles. The fourth-order valence-electron chi connectivity index (χ4n) is 3.41. The lowest BCUT2D eigenvalue weighted by molar-refractivity contribution is -0.131. The van der Waals surface area contributed by atoms with Crippen LogP contribution in [0.2, 0.25) is 0 Å². The van der Waals surface area contributed by atoms with Crippen LogP contribution in [-0.4, -0.2) is 56.7 Å². The Labute approximate surface area is 160 Å². The van der Waals surface area contributed by atoms with Crippen LogP contribution < -0.4 is 0 Å². The summed E-state index contributed by atoms with van der Waals surface area (Å²) in [5.74, 6) is 0.157. The van der Waals surface area contributed by atoms with Crippen molar-refractivity contribution in [2.75, 3.05) is 6.54 Å². The Bertz CT molecular complexity index is 718. The third-order valence-electron chi connectivity index (χ3n) is 5.72. The third-order valence-corrected chi connectivity index (χ3v) is 5.72. The van der Waals surface area contributed by atoms with Crippen molar-refractivity contribution >= 4 is 19.1 Å². The minimum absolute atomic E-state index is 0.115. The van der Waals surface area contributed by atoms with E-state index in [1.807, 2.05) is 39.5 Å². The Hall–Kier alpha value is -1.74. The highest BCUT2D eigenvalue weighted by atomic mass is 19.1. The van der Waals surface area contributed by atoms with E-state index in [1.54, 1.807) is 10.9 Å². The summed E-state index contributed by atoms with van der Waals surface area (Å²) in [6.07, 6.45) is 5.40. The molecule has 2 fully saturated rings. The summed E-state index contributed by atoms with van der Waals surface area (Å²) in [4.78, 5) is 13.9. The molecular weight excluding hydrogens is 350 g/mol. The predicted octanol–water partition coefficient (Wildman–Crippen LogP) is 2.62. The Balaban J connectivity index is 1.66. The van der Waals surface area contributed by atoms with E-state index in [9.17, 15) is 9.18 Å².